The molecule has 118 valence electrons. The molecule has 2 aliphatic rings. The van der Waals surface area contributed by atoms with E-state index in [1.807, 2.05) is 0 Å². The van der Waals surface area contributed by atoms with Crippen molar-refractivity contribution in [2.75, 3.05) is 26.2 Å². The van der Waals surface area contributed by atoms with Gasteiger partial charge in [0, 0.05) is 38.3 Å². The molecule has 3 heteroatoms. The molecule has 0 spiro atoms. The zero-order chi connectivity index (χ0) is 14.6. The van der Waals surface area contributed by atoms with E-state index >= 15 is 0 Å². The van der Waals surface area contributed by atoms with Gasteiger partial charge >= 0.3 is 0 Å². The molecular weight excluding hydrogens is 248 g/mol. The summed E-state index contributed by atoms with van der Waals surface area (Å²) in [6.45, 7) is 13.9. The van der Waals surface area contributed by atoms with Crippen molar-refractivity contribution in [1.29, 1.82) is 0 Å². The van der Waals surface area contributed by atoms with Crippen LogP contribution in [0.2, 0.25) is 0 Å². The summed E-state index contributed by atoms with van der Waals surface area (Å²) in [4.78, 5) is 2.71. The van der Waals surface area contributed by atoms with Crippen molar-refractivity contribution in [3.8, 4) is 0 Å². The second kappa shape index (κ2) is 7.24. The standard InChI is InChI=1S/C17H34N2O/c1-5-14-12-18-16(17(2,3)4)13-19(14)10-9-15-8-6-7-11-20-15/h14-16,18H,5-13H2,1-4H3. The van der Waals surface area contributed by atoms with Crippen molar-refractivity contribution in [3.05, 3.63) is 0 Å². The summed E-state index contributed by atoms with van der Waals surface area (Å²) >= 11 is 0. The molecule has 0 saturated carbocycles. The van der Waals surface area contributed by atoms with Gasteiger partial charge in [-0.15, -0.1) is 0 Å². The quantitative estimate of drug-likeness (QED) is 0.858. The molecule has 3 atom stereocenters. The first kappa shape index (κ1) is 16.3. The number of nitrogens with one attached hydrogen (secondary N) is 1. The third kappa shape index (κ3) is 4.44. The number of hydrogen-bond acceptors (Lipinski definition) is 3. The van der Waals surface area contributed by atoms with Gasteiger partial charge in [0.25, 0.3) is 0 Å². The Hall–Kier alpha value is -0.120. The highest BCUT2D eigenvalue weighted by Gasteiger charge is 2.33. The van der Waals surface area contributed by atoms with E-state index in [-0.39, 0.29) is 0 Å². The molecule has 0 aromatic carbocycles. The predicted molar refractivity (Wildman–Crippen MR) is 85.1 cm³/mol. The van der Waals surface area contributed by atoms with Gasteiger partial charge in [0.2, 0.25) is 0 Å². The fourth-order valence-corrected chi connectivity index (χ4v) is 3.46. The van der Waals surface area contributed by atoms with E-state index in [4.69, 9.17) is 4.74 Å². The minimum Gasteiger partial charge on any atom is -0.378 e. The average molecular weight is 282 g/mol. The van der Waals surface area contributed by atoms with E-state index in [1.165, 1.54) is 45.2 Å². The van der Waals surface area contributed by atoms with Crippen LogP contribution in [0, 0.1) is 5.41 Å². The van der Waals surface area contributed by atoms with E-state index in [2.05, 4.69) is 37.9 Å². The van der Waals surface area contributed by atoms with Crippen LogP contribution in [-0.4, -0.2) is 49.3 Å². The molecular formula is C17H34N2O. The van der Waals surface area contributed by atoms with Crippen LogP contribution in [0.4, 0.5) is 0 Å². The minimum atomic E-state index is 0.346. The maximum Gasteiger partial charge on any atom is 0.0587 e. The van der Waals surface area contributed by atoms with Gasteiger partial charge in [-0.05, 0) is 37.5 Å². The third-order valence-electron chi connectivity index (χ3n) is 5.06. The van der Waals surface area contributed by atoms with Crippen LogP contribution in [0.5, 0.6) is 0 Å². The van der Waals surface area contributed by atoms with Crippen LogP contribution >= 0.6 is 0 Å². The fraction of sp³-hybridized carbons (Fsp3) is 1.00. The van der Waals surface area contributed by atoms with Gasteiger partial charge < -0.3 is 10.1 Å². The lowest BCUT2D eigenvalue weighted by Crippen LogP contribution is -2.60. The lowest BCUT2D eigenvalue weighted by molar-refractivity contribution is -0.00321. The van der Waals surface area contributed by atoms with Gasteiger partial charge in [0.15, 0.2) is 0 Å². The maximum atomic E-state index is 5.89. The largest absolute Gasteiger partial charge is 0.378 e. The smallest absolute Gasteiger partial charge is 0.0587 e. The van der Waals surface area contributed by atoms with Crippen LogP contribution in [0.3, 0.4) is 0 Å². The third-order valence-corrected chi connectivity index (χ3v) is 5.06. The van der Waals surface area contributed by atoms with Gasteiger partial charge in [-0.2, -0.15) is 0 Å². The van der Waals surface area contributed by atoms with Gasteiger partial charge in [-0.3, -0.25) is 4.90 Å². The normalized spacial score (nSPS) is 33.3. The summed E-state index contributed by atoms with van der Waals surface area (Å²) in [6, 6.07) is 1.31. The molecule has 0 aromatic rings. The van der Waals surface area contributed by atoms with Crippen molar-refractivity contribution in [2.24, 2.45) is 5.41 Å². The molecule has 2 fully saturated rings. The first-order valence-electron chi connectivity index (χ1n) is 8.59. The van der Waals surface area contributed by atoms with Crippen LogP contribution in [0.15, 0.2) is 0 Å². The van der Waals surface area contributed by atoms with Crippen LogP contribution in [0.1, 0.15) is 59.8 Å². The molecule has 2 saturated heterocycles. The number of piperazine rings is 1. The Morgan fingerprint density at radius 2 is 2.05 bits per heavy atom. The summed E-state index contributed by atoms with van der Waals surface area (Å²) in [5.41, 5.74) is 0.346. The molecule has 2 aliphatic heterocycles. The summed E-state index contributed by atoms with van der Waals surface area (Å²) in [5.74, 6) is 0. The van der Waals surface area contributed by atoms with Crippen molar-refractivity contribution >= 4 is 0 Å². The molecule has 3 unspecified atom stereocenters. The van der Waals surface area contributed by atoms with Gasteiger partial charge in [-0.1, -0.05) is 27.7 Å². The Balaban J connectivity index is 1.84. The molecule has 0 radical (unpaired) electrons. The summed E-state index contributed by atoms with van der Waals surface area (Å²) in [7, 11) is 0. The Morgan fingerprint density at radius 3 is 2.65 bits per heavy atom. The zero-order valence-corrected chi connectivity index (χ0v) is 14.0. The number of hydrogen-bond donors (Lipinski definition) is 1. The zero-order valence-electron chi connectivity index (χ0n) is 14.0. The molecule has 20 heavy (non-hydrogen) atoms. The monoisotopic (exact) mass is 282 g/mol. The molecule has 1 N–H and O–H groups in total. The second-order valence-corrected chi connectivity index (χ2v) is 7.66. The Bertz CT molecular complexity index is 281. The highest BCUT2D eigenvalue weighted by Crippen LogP contribution is 2.25. The molecule has 0 bridgehead atoms. The Kier molecular flexibility index (Phi) is 5.88. The highest BCUT2D eigenvalue weighted by molar-refractivity contribution is 4.91. The summed E-state index contributed by atoms with van der Waals surface area (Å²) in [6.07, 6.45) is 6.86. The summed E-state index contributed by atoms with van der Waals surface area (Å²) in [5, 5.41) is 3.76. The van der Waals surface area contributed by atoms with Gasteiger partial charge in [0.05, 0.1) is 6.10 Å². The number of ether oxygens (including phenoxy) is 1. The topological polar surface area (TPSA) is 24.5 Å². The predicted octanol–water partition coefficient (Wildman–Crippen LogP) is 3.04. The van der Waals surface area contributed by atoms with Crippen LogP contribution < -0.4 is 5.32 Å². The van der Waals surface area contributed by atoms with Crippen LogP contribution in [-0.2, 0) is 4.74 Å². The van der Waals surface area contributed by atoms with Crippen molar-refractivity contribution < 1.29 is 4.74 Å². The van der Waals surface area contributed by atoms with E-state index in [0.717, 1.165) is 13.2 Å². The van der Waals surface area contributed by atoms with Crippen LogP contribution in [0.25, 0.3) is 0 Å². The minimum absolute atomic E-state index is 0.346. The molecule has 2 rings (SSSR count). The first-order chi connectivity index (χ1) is 9.50. The van der Waals surface area contributed by atoms with Crippen molar-refractivity contribution in [1.82, 2.24) is 10.2 Å². The second-order valence-electron chi connectivity index (χ2n) is 7.66. The van der Waals surface area contributed by atoms with Gasteiger partial charge in [-0.25, -0.2) is 0 Å². The molecule has 0 aromatic heterocycles. The van der Waals surface area contributed by atoms with Gasteiger partial charge in [0.1, 0.15) is 0 Å². The highest BCUT2D eigenvalue weighted by atomic mass is 16.5. The SMILES string of the molecule is CCC1CNC(C(C)(C)C)CN1CCC1CCCCO1. The molecule has 0 amide bonds. The lowest BCUT2D eigenvalue weighted by Gasteiger charge is -2.45. The van der Waals surface area contributed by atoms with E-state index in [9.17, 15) is 0 Å². The lowest BCUT2D eigenvalue weighted by atomic mass is 9.84. The Labute approximate surface area is 125 Å². The summed E-state index contributed by atoms with van der Waals surface area (Å²) < 4.78 is 5.89. The van der Waals surface area contributed by atoms with E-state index < -0.39 is 0 Å². The molecule has 3 nitrogen and oxygen atoms in total. The fourth-order valence-electron chi connectivity index (χ4n) is 3.46. The molecule has 0 aliphatic carbocycles. The van der Waals surface area contributed by atoms with E-state index in [0.29, 0.717) is 23.6 Å². The average Bonchev–Trinajstić information content (AvgIpc) is 2.45. The van der Waals surface area contributed by atoms with Crippen molar-refractivity contribution in [2.45, 2.75) is 78.0 Å². The first-order valence-corrected chi connectivity index (χ1v) is 8.59. The molecule has 2 heterocycles. The van der Waals surface area contributed by atoms with E-state index in [1.54, 1.807) is 0 Å². The number of rotatable bonds is 4. The van der Waals surface area contributed by atoms with Crippen molar-refractivity contribution in [3.63, 3.8) is 0 Å². The maximum absolute atomic E-state index is 5.89. The number of nitrogens with zero attached hydrogens (tertiary/aromatic N) is 1. The Morgan fingerprint density at radius 1 is 1.25 bits per heavy atom.